The number of hydrogen-bond acceptors (Lipinski definition) is 4. The predicted octanol–water partition coefficient (Wildman–Crippen LogP) is 11.5. The third-order valence-electron chi connectivity index (χ3n) is 8.35. The van der Waals surface area contributed by atoms with Crippen LogP contribution in [0.1, 0.15) is 50.7 Å². The van der Waals surface area contributed by atoms with Gasteiger partial charge in [0.25, 0.3) is 0 Å². The van der Waals surface area contributed by atoms with E-state index in [2.05, 4.69) is 98.3 Å². The summed E-state index contributed by atoms with van der Waals surface area (Å²) in [5, 5.41) is 4.37. The lowest BCUT2D eigenvalue weighted by atomic mass is 9.99. The Morgan fingerprint density at radius 2 is 0.818 bits per heavy atom. The molecule has 0 aliphatic heterocycles. The first-order chi connectivity index (χ1) is 21.5. The molecular formula is C40H34N2O2. The SMILES string of the molecule is CC(C)c1ccc(-c2cncc3c2oc2ccccc23)cc1.CC(C)c1ccc(-c2cncc3c2oc2ccccc23)cc1. The highest BCUT2D eigenvalue weighted by Gasteiger charge is 2.14. The van der Waals surface area contributed by atoms with E-state index in [0.717, 1.165) is 66.1 Å². The summed E-state index contributed by atoms with van der Waals surface area (Å²) in [7, 11) is 0. The van der Waals surface area contributed by atoms with E-state index in [1.165, 1.54) is 11.1 Å². The molecule has 8 aromatic rings. The zero-order chi connectivity index (χ0) is 30.2. The van der Waals surface area contributed by atoms with Crippen LogP contribution in [-0.2, 0) is 0 Å². The van der Waals surface area contributed by atoms with Gasteiger partial charge in [0.1, 0.15) is 22.3 Å². The second kappa shape index (κ2) is 11.5. The number of aromatic nitrogens is 2. The third-order valence-corrected chi connectivity index (χ3v) is 8.35. The van der Waals surface area contributed by atoms with Gasteiger partial charge in [0.2, 0.25) is 0 Å². The molecule has 0 spiro atoms. The Bertz CT molecular complexity index is 2060. The Hall–Kier alpha value is -5.22. The van der Waals surface area contributed by atoms with Crippen LogP contribution in [0.15, 0.2) is 131 Å². The number of furan rings is 2. The van der Waals surface area contributed by atoms with Crippen LogP contribution in [0.25, 0.3) is 66.1 Å². The topological polar surface area (TPSA) is 52.1 Å². The summed E-state index contributed by atoms with van der Waals surface area (Å²) in [5.41, 5.74) is 10.7. The van der Waals surface area contributed by atoms with Gasteiger partial charge in [-0.25, -0.2) is 0 Å². The summed E-state index contributed by atoms with van der Waals surface area (Å²) >= 11 is 0. The fourth-order valence-corrected chi connectivity index (χ4v) is 5.78. The zero-order valence-corrected chi connectivity index (χ0v) is 25.4. The second-order valence-corrected chi connectivity index (χ2v) is 11.9. The first kappa shape index (κ1) is 27.6. The Kier molecular flexibility index (Phi) is 7.19. The van der Waals surface area contributed by atoms with Gasteiger partial charge in [-0.1, -0.05) is 113 Å². The van der Waals surface area contributed by atoms with Crippen molar-refractivity contribution in [2.75, 3.05) is 0 Å². The van der Waals surface area contributed by atoms with E-state index in [4.69, 9.17) is 8.83 Å². The molecule has 44 heavy (non-hydrogen) atoms. The van der Waals surface area contributed by atoms with E-state index in [1.54, 1.807) is 0 Å². The van der Waals surface area contributed by atoms with Gasteiger partial charge in [-0.15, -0.1) is 0 Å². The van der Waals surface area contributed by atoms with Crippen molar-refractivity contribution < 1.29 is 8.83 Å². The minimum absolute atomic E-state index is 0.536. The number of hydrogen-bond donors (Lipinski definition) is 0. The standard InChI is InChI=1S/2C20H17NO/c2*1-13(2)14-7-9-15(10-8-14)17-11-21-12-18-16-5-3-4-6-19(16)22-20(17)18/h2*3-13H,1-2H3. The Morgan fingerprint density at radius 3 is 1.20 bits per heavy atom. The smallest absolute Gasteiger partial charge is 0.146 e. The van der Waals surface area contributed by atoms with Crippen LogP contribution in [0, 0.1) is 0 Å². The number of para-hydroxylation sites is 2. The Morgan fingerprint density at radius 1 is 0.432 bits per heavy atom. The second-order valence-electron chi connectivity index (χ2n) is 11.9. The molecule has 0 radical (unpaired) electrons. The third kappa shape index (κ3) is 5.03. The van der Waals surface area contributed by atoms with Crippen LogP contribution in [0.3, 0.4) is 0 Å². The lowest BCUT2D eigenvalue weighted by Gasteiger charge is -2.07. The maximum atomic E-state index is 6.08. The molecule has 4 heterocycles. The van der Waals surface area contributed by atoms with Crippen molar-refractivity contribution in [3.63, 3.8) is 0 Å². The average Bonchev–Trinajstić information content (AvgIpc) is 3.64. The van der Waals surface area contributed by atoms with Gasteiger partial charge in [-0.2, -0.15) is 0 Å². The van der Waals surface area contributed by atoms with E-state index in [1.807, 2.05) is 61.2 Å². The largest absolute Gasteiger partial charge is 0.455 e. The van der Waals surface area contributed by atoms with Gasteiger partial charge < -0.3 is 8.83 Å². The molecule has 216 valence electrons. The molecule has 0 saturated carbocycles. The van der Waals surface area contributed by atoms with E-state index in [0.29, 0.717) is 11.8 Å². The number of rotatable bonds is 4. The monoisotopic (exact) mass is 574 g/mol. The van der Waals surface area contributed by atoms with Crippen LogP contribution < -0.4 is 0 Å². The van der Waals surface area contributed by atoms with Crippen molar-refractivity contribution >= 4 is 43.9 Å². The maximum absolute atomic E-state index is 6.08. The molecule has 0 amide bonds. The molecule has 0 unspecified atom stereocenters. The Labute approximate surface area is 257 Å². The quantitative estimate of drug-likeness (QED) is 0.210. The molecular weight excluding hydrogens is 540 g/mol. The summed E-state index contributed by atoms with van der Waals surface area (Å²) < 4.78 is 12.2. The van der Waals surface area contributed by atoms with Gasteiger partial charge in [0, 0.05) is 57.5 Å². The van der Waals surface area contributed by atoms with E-state index in [-0.39, 0.29) is 0 Å². The molecule has 0 aliphatic carbocycles. The lowest BCUT2D eigenvalue weighted by Crippen LogP contribution is -1.87. The molecule has 4 aromatic carbocycles. The van der Waals surface area contributed by atoms with E-state index >= 15 is 0 Å². The van der Waals surface area contributed by atoms with Crippen LogP contribution in [0.2, 0.25) is 0 Å². The molecule has 4 nitrogen and oxygen atoms in total. The molecule has 4 heteroatoms. The van der Waals surface area contributed by atoms with Crippen LogP contribution in [0.4, 0.5) is 0 Å². The molecule has 0 bridgehead atoms. The first-order valence-corrected chi connectivity index (χ1v) is 15.2. The van der Waals surface area contributed by atoms with Gasteiger partial charge in [0.05, 0.1) is 0 Å². The summed E-state index contributed by atoms with van der Waals surface area (Å²) in [5.74, 6) is 1.07. The number of fused-ring (bicyclic) bond motifs is 6. The van der Waals surface area contributed by atoms with Crippen molar-refractivity contribution in [3.8, 4) is 22.3 Å². The normalized spacial score (nSPS) is 11.6. The average molecular weight is 575 g/mol. The molecule has 0 atom stereocenters. The van der Waals surface area contributed by atoms with E-state index < -0.39 is 0 Å². The van der Waals surface area contributed by atoms with Gasteiger partial charge >= 0.3 is 0 Å². The molecule has 4 aromatic heterocycles. The van der Waals surface area contributed by atoms with Crippen molar-refractivity contribution in [3.05, 3.63) is 133 Å². The molecule has 0 fully saturated rings. The summed E-state index contributed by atoms with van der Waals surface area (Å²) in [6, 6.07) is 33.5. The van der Waals surface area contributed by atoms with Crippen molar-refractivity contribution in [2.45, 2.75) is 39.5 Å². The number of pyridine rings is 2. The van der Waals surface area contributed by atoms with Crippen LogP contribution in [-0.4, -0.2) is 9.97 Å². The highest BCUT2D eigenvalue weighted by atomic mass is 16.3. The fourth-order valence-electron chi connectivity index (χ4n) is 5.78. The molecule has 0 saturated heterocycles. The number of benzene rings is 4. The summed E-state index contributed by atoms with van der Waals surface area (Å²) in [6.45, 7) is 8.82. The van der Waals surface area contributed by atoms with Crippen LogP contribution in [0.5, 0.6) is 0 Å². The minimum Gasteiger partial charge on any atom is -0.455 e. The maximum Gasteiger partial charge on any atom is 0.146 e. The summed E-state index contributed by atoms with van der Waals surface area (Å²) in [6.07, 6.45) is 7.53. The van der Waals surface area contributed by atoms with Crippen molar-refractivity contribution in [1.29, 1.82) is 0 Å². The molecule has 0 N–H and O–H groups in total. The fraction of sp³-hybridized carbons (Fsp3) is 0.150. The Balaban J connectivity index is 0.000000142. The van der Waals surface area contributed by atoms with E-state index in [9.17, 15) is 0 Å². The predicted molar refractivity (Wildman–Crippen MR) is 182 cm³/mol. The van der Waals surface area contributed by atoms with Crippen molar-refractivity contribution in [2.24, 2.45) is 0 Å². The summed E-state index contributed by atoms with van der Waals surface area (Å²) in [4.78, 5) is 8.82. The minimum atomic E-state index is 0.536. The van der Waals surface area contributed by atoms with Gasteiger partial charge in [-0.05, 0) is 46.2 Å². The number of nitrogens with zero attached hydrogens (tertiary/aromatic N) is 2. The van der Waals surface area contributed by atoms with Crippen LogP contribution >= 0.6 is 0 Å². The van der Waals surface area contributed by atoms with Gasteiger partial charge in [-0.3, -0.25) is 9.97 Å². The zero-order valence-electron chi connectivity index (χ0n) is 25.4. The first-order valence-electron chi connectivity index (χ1n) is 15.2. The highest BCUT2D eigenvalue weighted by Crippen LogP contribution is 2.36. The molecule has 8 rings (SSSR count). The molecule has 0 aliphatic rings. The van der Waals surface area contributed by atoms with Crippen molar-refractivity contribution in [1.82, 2.24) is 9.97 Å². The van der Waals surface area contributed by atoms with Gasteiger partial charge in [0.15, 0.2) is 0 Å². The highest BCUT2D eigenvalue weighted by molar-refractivity contribution is 6.09. The lowest BCUT2D eigenvalue weighted by molar-refractivity contribution is 0.669.